The van der Waals surface area contributed by atoms with Crippen molar-refractivity contribution in [1.82, 2.24) is 9.55 Å². The summed E-state index contributed by atoms with van der Waals surface area (Å²) in [6, 6.07) is 5.59. The van der Waals surface area contributed by atoms with Crippen LogP contribution in [0.3, 0.4) is 0 Å². The summed E-state index contributed by atoms with van der Waals surface area (Å²) in [5.41, 5.74) is 1.75. The number of carboxylic acids is 1. The predicted molar refractivity (Wildman–Crippen MR) is 64.6 cm³/mol. The van der Waals surface area contributed by atoms with Crippen molar-refractivity contribution in [3.05, 3.63) is 24.0 Å². The van der Waals surface area contributed by atoms with Gasteiger partial charge in [-0.25, -0.2) is 9.78 Å². The molecule has 0 aliphatic heterocycles. The first-order valence-corrected chi connectivity index (χ1v) is 5.40. The minimum absolute atomic E-state index is 0.166. The number of hydrogen-bond acceptors (Lipinski definition) is 4. The molecular formula is C12H14N2O4. The maximum absolute atomic E-state index is 10.4. The number of aliphatic carboxylic acids is 1. The predicted octanol–water partition coefficient (Wildman–Crippen LogP) is 1.18. The molecule has 0 saturated carbocycles. The molecule has 0 saturated heterocycles. The molecule has 1 N–H and O–H groups in total. The van der Waals surface area contributed by atoms with E-state index in [1.807, 2.05) is 29.8 Å². The average Bonchev–Trinajstić information content (AvgIpc) is 2.65. The second-order valence-electron chi connectivity index (χ2n) is 3.83. The smallest absolute Gasteiger partial charge is 0.329 e. The molecule has 1 aromatic heterocycles. The summed E-state index contributed by atoms with van der Waals surface area (Å²) in [4.78, 5) is 14.7. The van der Waals surface area contributed by atoms with E-state index in [1.54, 1.807) is 7.11 Å². The summed E-state index contributed by atoms with van der Waals surface area (Å²) in [6.45, 7) is -0.160. The summed E-state index contributed by atoms with van der Waals surface area (Å²) in [5, 5.41) is 8.50. The topological polar surface area (TPSA) is 73.6 Å². The molecule has 2 rings (SSSR count). The number of methoxy groups -OCH3 is 1. The molecule has 0 fully saturated rings. The van der Waals surface area contributed by atoms with E-state index in [4.69, 9.17) is 14.6 Å². The lowest BCUT2D eigenvalue weighted by molar-refractivity contribution is -0.142. The highest BCUT2D eigenvalue weighted by molar-refractivity contribution is 5.77. The van der Waals surface area contributed by atoms with Crippen molar-refractivity contribution in [3.63, 3.8) is 0 Å². The Labute approximate surface area is 104 Å². The summed E-state index contributed by atoms with van der Waals surface area (Å²) in [6.07, 6.45) is 0. The van der Waals surface area contributed by atoms with Gasteiger partial charge in [0.2, 0.25) is 0 Å². The molecule has 0 unspecified atom stereocenters. The molecule has 96 valence electrons. The number of benzene rings is 1. The third-order valence-electron chi connectivity index (χ3n) is 2.64. The second kappa shape index (κ2) is 5.05. The van der Waals surface area contributed by atoms with Gasteiger partial charge in [0.25, 0.3) is 0 Å². The first-order chi connectivity index (χ1) is 8.61. The number of hydrogen-bond donors (Lipinski definition) is 1. The van der Waals surface area contributed by atoms with Crippen molar-refractivity contribution in [1.29, 1.82) is 0 Å². The van der Waals surface area contributed by atoms with Crippen LogP contribution < -0.4 is 4.74 Å². The van der Waals surface area contributed by atoms with Gasteiger partial charge in [0, 0.05) is 13.1 Å². The van der Waals surface area contributed by atoms with E-state index in [9.17, 15) is 4.79 Å². The normalized spacial score (nSPS) is 10.8. The van der Waals surface area contributed by atoms with Crippen LogP contribution in [0.25, 0.3) is 11.0 Å². The molecule has 0 aliphatic rings. The van der Waals surface area contributed by atoms with Gasteiger partial charge in [-0.1, -0.05) is 0 Å². The fourth-order valence-electron chi connectivity index (χ4n) is 1.72. The van der Waals surface area contributed by atoms with E-state index in [2.05, 4.69) is 4.98 Å². The number of imidazole rings is 1. The van der Waals surface area contributed by atoms with Crippen molar-refractivity contribution < 1.29 is 19.4 Å². The Morgan fingerprint density at radius 1 is 1.50 bits per heavy atom. The zero-order chi connectivity index (χ0) is 13.1. The van der Waals surface area contributed by atoms with Gasteiger partial charge in [-0.15, -0.1) is 0 Å². The lowest BCUT2D eigenvalue weighted by Gasteiger charge is -2.02. The number of fused-ring (bicyclic) bond motifs is 1. The number of carbonyl (C=O) groups is 1. The molecule has 6 nitrogen and oxygen atoms in total. The number of rotatable bonds is 5. The molecule has 0 atom stereocenters. The van der Waals surface area contributed by atoms with Crippen molar-refractivity contribution in [3.8, 4) is 5.75 Å². The summed E-state index contributed by atoms with van der Waals surface area (Å²) >= 11 is 0. The van der Waals surface area contributed by atoms with E-state index in [-0.39, 0.29) is 13.2 Å². The first kappa shape index (κ1) is 12.4. The lowest BCUT2D eigenvalue weighted by Crippen LogP contribution is -2.09. The van der Waals surface area contributed by atoms with E-state index in [0.717, 1.165) is 16.8 Å². The molecule has 1 heterocycles. The van der Waals surface area contributed by atoms with Crippen LogP contribution in [0, 0.1) is 0 Å². The molecule has 0 spiro atoms. The number of aromatic nitrogens is 2. The Hall–Kier alpha value is -2.08. The molecule has 1 aromatic carbocycles. The summed E-state index contributed by atoms with van der Waals surface area (Å²) in [7, 11) is 3.46. The van der Waals surface area contributed by atoms with Crippen LogP contribution >= 0.6 is 0 Å². The quantitative estimate of drug-likeness (QED) is 0.862. The van der Waals surface area contributed by atoms with Gasteiger partial charge in [-0.05, 0) is 12.1 Å². The molecule has 18 heavy (non-hydrogen) atoms. The van der Waals surface area contributed by atoms with Gasteiger partial charge in [0.1, 0.15) is 24.8 Å². The number of aryl methyl sites for hydroxylation is 1. The van der Waals surface area contributed by atoms with Crippen LogP contribution in [0.2, 0.25) is 0 Å². The van der Waals surface area contributed by atoms with E-state index >= 15 is 0 Å². The molecule has 6 heteroatoms. The monoisotopic (exact) mass is 250 g/mol. The van der Waals surface area contributed by atoms with Crippen LogP contribution in [0.1, 0.15) is 5.82 Å². The third-order valence-corrected chi connectivity index (χ3v) is 2.64. The summed E-state index contributed by atoms with van der Waals surface area (Å²) < 4.78 is 12.0. The van der Waals surface area contributed by atoms with Crippen LogP contribution in [0.5, 0.6) is 5.75 Å². The first-order valence-electron chi connectivity index (χ1n) is 5.40. The van der Waals surface area contributed by atoms with Crippen LogP contribution in [0.15, 0.2) is 18.2 Å². The van der Waals surface area contributed by atoms with Crippen molar-refractivity contribution in [2.45, 2.75) is 6.61 Å². The largest absolute Gasteiger partial charge is 0.497 e. The van der Waals surface area contributed by atoms with E-state index < -0.39 is 5.97 Å². The Balaban J connectivity index is 2.23. The molecule has 2 aromatic rings. The average molecular weight is 250 g/mol. The highest BCUT2D eigenvalue weighted by Crippen LogP contribution is 2.21. The number of ether oxygens (including phenoxy) is 2. The van der Waals surface area contributed by atoms with Crippen LogP contribution in [-0.2, 0) is 23.2 Å². The minimum atomic E-state index is -0.990. The SMILES string of the molecule is COc1ccc2c(c1)nc(COCC(=O)O)n2C. The molecular weight excluding hydrogens is 236 g/mol. The Morgan fingerprint density at radius 2 is 2.28 bits per heavy atom. The molecule has 0 amide bonds. The summed E-state index contributed by atoms with van der Waals surface area (Å²) in [5.74, 6) is 0.425. The third kappa shape index (κ3) is 2.43. The lowest BCUT2D eigenvalue weighted by atomic mass is 10.3. The highest BCUT2D eigenvalue weighted by atomic mass is 16.5. The van der Waals surface area contributed by atoms with Crippen molar-refractivity contribution >= 4 is 17.0 Å². The fraction of sp³-hybridized carbons (Fsp3) is 0.333. The molecule has 0 radical (unpaired) electrons. The van der Waals surface area contributed by atoms with Crippen LogP contribution in [0.4, 0.5) is 0 Å². The van der Waals surface area contributed by atoms with Crippen molar-refractivity contribution in [2.75, 3.05) is 13.7 Å². The van der Waals surface area contributed by atoms with Gasteiger partial charge in [0.15, 0.2) is 0 Å². The van der Waals surface area contributed by atoms with Gasteiger partial charge in [-0.3, -0.25) is 0 Å². The molecule has 0 aliphatic carbocycles. The Bertz CT molecular complexity index is 577. The zero-order valence-corrected chi connectivity index (χ0v) is 10.2. The number of carboxylic acid groups (broad SMARTS) is 1. The Kier molecular flexibility index (Phi) is 3.47. The van der Waals surface area contributed by atoms with E-state index in [0.29, 0.717) is 5.82 Å². The molecule has 0 bridgehead atoms. The van der Waals surface area contributed by atoms with Gasteiger partial charge in [-0.2, -0.15) is 0 Å². The Morgan fingerprint density at radius 3 is 2.94 bits per heavy atom. The van der Waals surface area contributed by atoms with Gasteiger partial charge in [0.05, 0.1) is 18.1 Å². The van der Waals surface area contributed by atoms with Gasteiger partial charge >= 0.3 is 5.97 Å². The zero-order valence-electron chi connectivity index (χ0n) is 10.2. The number of nitrogens with zero attached hydrogens (tertiary/aromatic N) is 2. The van der Waals surface area contributed by atoms with E-state index in [1.165, 1.54) is 0 Å². The fourth-order valence-corrected chi connectivity index (χ4v) is 1.72. The van der Waals surface area contributed by atoms with Gasteiger partial charge < -0.3 is 19.1 Å². The maximum Gasteiger partial charge on any atom is 0.329 e. The van der Waals surface area contributed by atoms with Crippen molar-refractivity contribution in [2.24, 2.45) is 7.05 Å². The standard InChI is InChI=1S/C12H14N2O4/c1-14-10-4-3-8(17-2)5-9(10)13-11(14)6-18-7-12(15)16/h3-5H,6-7H2,1-2H3,(H,15,16). The maximum atomic E-state index is 10.4. The van der Waals surface area contributed by atoms with Crippen LogP contribution in [-0.4, -0.2) is 34.3 Å². The second-order valence-corrected chi connectivity index (χ2v) is 3.83. The minimum Gasteiger partial charge on any atom is -0.497 e. The highest BCUT2D eigenvalue weighted by Gasteiger charge is 2.09.